The molecule has 0 radical (unpaired) electrons. The summed E-state index contributed by atoms with van der Waals surface area (Å²) in [4.78, 5) is 2.39. The van der Waals surface area contributed by atoms with Crippen molar-refractivity contribution >= 4 is 0 Å². The van der Waals surface area contributed by atoms with Crippen LogP contribution in [0.15, 0.2) is 0 Å². The summed E-state index contributed by atoms with van der Waals surface area (Å²) in [5, 5.41) is 3.83. The van der Waals surface area contributed by atoms with E-state index in [1.54, 1.807) is 0 Å². The van der Waals surface area contributed by atoms with Crippen LogP contribution in [-0.4, -0.2) is 37.1 Å². The van der Waals surface area contributed by atoms with Gasteiger partial charge in [0.25, 0.3) is 0 Å². The molecule has 1 N–H and O–H groups in total. The monoisotopic (exact) mass is 254 g/mol. The van der Waals surface area contributed by atoms with Gasteiger partial charge in [0.05, 0.1) is 0 Å². The zero-order valence-corrected chi connectivity index (χ0v) is 13.4. The fourth-order valence-electron chi connectivity index (χ4n) is 3.19. The molecule has 1 saturated carbocycles. The van der Waals surface area contributed by atoms with Crippen LogP contribution in [0, 0.1) is 11.8 Å². The van der Waals surface area contributed by atoms with Crippen molar-refractivity contribution in [2.24, 2.45) is 11.8 Å². The standard InChI is InChI=1S/C16H34N2/c1-7-12-17-15(16(3,4)18(5)6)14-10-8-13(2)9-11-14/h13-15,17H,7-12H2,1-6H3. The summed E-state index contributed by atoms with van der Waals surface area (Å²) in [5.41, 5.74) is 0.237. The van der Waals surface area contributed by atoms with E-state index < -0.39 is 0 Å². The highest BCUT2D eigenvalue weighted by molar-refractivity contribution is 4.96. The summed E-state index contributed by atoms with van der Waals surface area (Å²) in [5.74, 6) is 1.79. The average molecular weight is 254 g/mol. The van der Waals surface area contributed by atoms with Crippen LogP contribution in [-0.2, 0) is 0 Å². The molecule has 1 unspecified atom stereocenters. The van der Waals surface area contributed by atoms with E-state index >= 15 is 0 Å². The highest BCUT2D eigenvalue weighted by Crippen LogP contribution is 2.35. The molecule has 0 spiro atoms. The molecule has 0 bridgehead atoms. The predicted octanol–water partition coefficient (Wildman–Crippen LogP) is 3.52. The lowest BCUT2D eigenvalue weighted by Gasteiger charge is -2.46. The van der Waals surface area contributed by atoms with Gasteiger partial charge >= 0.3 is 0 Å². The van der Waals surface area contributed by atoms with Gasteiger partial charge in [-0.2, -0.15) is 0 Å². The van der Waals surface area contributed by atoms with Gasteiger partial charge in [0.1, 0.15) is 0 Å². The lowest BCUT2D eigenvalue weighted by Crippen LogP contribution is -2.59. The van der Waals surface area contributed by atoms with Gasteiger partial charge in [-0.3, -0.25) is 0 Å². The van der Waals surface area contributed by atoms with Gasteiger partial charge in [-0.25, -0.2) is 0 Å². The molecule has 0 amide bonds. The van der Waals surface area contributed by atoms with Crippen LogP contribution >= 0.6 is 0 Å². The largest absolute Gasteiger partial charge is 0.312 e. The number of rotatable bonds is 6. The van der Waals surface area contributed by atoms with Crippen LogP contribution in [0.2, 0.25) is 0 Å². The first-order chi connectivity index (χ1) is 8.39. The van der Waals surface area contributed by atoms with Crippen LogP contribution in [0.4, 0.5) is 0 Å². The van der Waals surface area contributed by atoms with Crippen LogP contribution in [0.5, 0.6) is 0 Å². The van der Waals surface area contributed by atoms with Gasteiger partial charge in [0, 0.05) is 11.6 Å². The van der Waals surface area contributed by atoms with Crippen molar-refractivity contribution in [3.63, 3.8) is 0 Å². The summed E-state index contributed by atoms with van der Waals surface area (Å²) in [6.07, 6.45) is 6.86. The van der Waals surface area contributed by atoms with Gasteiger partial charge in [0.15, 0.2) is 0 Å². The lowest BCUT2D eigenvalue weighted by atomic mass is 9.73. The van der Waals surface area contributed by atoms with Crippen molar-refractivity contribution in [1.82, 2.24) is 10.2 Å². The van der Waals surface area contributed by atoms with Gasteiger partial charge < -0.3 is 10.2 Å². The fourth-order valence-corrected chi connectivity index (χ4v) is 3.19. The predicted molar refractivity (Wildman–Crippen MR) is 81.0 cm³/mol. The summed E-state index contributed by atoms with van der Waals surface area (Å²) >= 11 is 0. The SMILES string of the molecule is CCCNC(C1CCC(C)CC1)C(C)(C)N(C)C. The maximum atomic E-state index is 3.83. The molecule has 1 atom stereocenters. The Morgan fingerprint density at radius 1 is 1.17 bits per heavy atom. The maximum absolute atomic E-state index is 3.83. The van der Waals surface area contributed by atoms with Crippen molar-refractivity contribution in [2.75, 3.05) is 20.6 Å². The third kappa shape index (κ3) is 3.96. The second kappa shape index (κ2) is 6.91. The molecule has 0 aromatic rings. The minimum atomic E-state index is 0.237. The molecule has 0 heterocycles. The molecule has 18 heavy (non-hydrogen) atoms. The Hall–Kier alpha value is -0.0800. The molecule has 1 aliphatic rings. The van der Waals surface area contributed by atoms with E-state index in [2.05, 4.69) is 52.0 Å². The van der Waals surface area contributed by atoms with E-state index in [1.165, 1.54) is 32.1 Å². The van der Waals surface area contributed by atoms with E-state index in [0.29, 0.717) is 6.04 Å². The summed E-state index contributed by atoms with van der Waals surface area (Å²) in [6.45, 7) is 10.6. The first kappa shape index (κ1) is 16.0. The number of nitrogens with zero attached hydrogens (tertiary/aromatic N) is 1. The Kier molecular flexibility index (Phi) is 6.13. The smallest absolute Gasteiger partial charge is 0.0302 e. The molecule has 1 fully saturated rings. The summed E-state index contributed by atoms with van der Waals surface area (Å²) < 4.78 is 0. The van der Waals surface area contributed by atoms with E-state index in [4.69, 9.17) is 0 Å². The van der Waals surface area contributed by atoms with Crippen molar-refractivity contribution in [2.45, 2.75) is 71.4 Å². The molecular formula is C16H34N2. The highest BCUT2D eigenvalue weighted by Gasteiger charge is 2.37. The zero-order chi connectivity index (χ0) is 13.8. The van der Waals surface area contributed by atoms with E-state index in [1.807, 2.05) is 0 Å². The Balaban J connectivity index is 2.71. The Labute approximate surface area is 115 Å². The highest BCUT2D eigenvalue weighted by atomic mass is 15.2. The minimum Gasteiger partial charge on any atom is -0.312 e. The molecule has 0 aromatic heterocycles. The second-order valence-electron chi connectivity index (χ2n) is 7.00. The second-order valence-corrected chi connectivity index (χ2v) is 7.00. The number of likely N-dealkylation sites (N-methyl/N-ethyl adjacent to an activating group) is 1. The van der Waals surface area contributed by atoms with Crippen LogP contribution in [0.1, 0.15) is 59.8 Å². The van der Waals surface area contributed by atoms with Crippen LogP contribution in [0.3, 0.4) is 0 Å². The Morgan fingerprint density at radius 2 is 1.72 bits per heavy atom. The van der Waals surface area contributed by atoms with E-state index in [-0.39, 0.29) is 5.54 Å². The zero-order valence-electron chi connectivity index (χ0n) is 13.4. The van der Waals surface area contributed by atoms with Gasteiger partial charge in [-0.15, -0.1) is 0 Å². The molecule has 0 aromatic carbocycles. The van der Waals surface area contributed by atoms with Crippen molar-refractivity contribution < 1.29 is 0 Å². The molecule has 2 heteroatoms. The lowest BCUT2D eigenvalue weighted by molar-refractivity contribution is 0.0807. The minimum absolute atomic E-state index is 0.237. The quantitative estimate of drug-likeness (QED) is 0.780. The van der Waals surface area contributed by atoms with Crippen molar-refractivity contribution in [3.05, 3.63) is 0 Å². The van der Waals surface area contributed by atoms with Crippen LogP contribution < -0.4 is 5.32 Å². The Bertz CT molecular complexity index is 227. The van der Waals surface area contributed by atoms with Gasteiger partial charge in [0.2, 0.25) is 0 Å². The summed E-state index contributed by atoms with van der Waals surface area (Å²) in [7, 11) is 4.43. The first-order valence-corrected chi connectivity index (χ1v) is 7.80. The molecule has 2 nitrogen and oxygen atoms in total. The van der Waals surface area contributed by atoms with Gasteiger partial charge in [-0.1, -0.05) is 26.7 Å². The molecule has 108 valence electrons. The fraction of sp³-hybridized carbons (Fsp3) is 1.00. The van der Waals surface area contributed by atoms with E-state index in [0.717, 1.165) is 18.4 Å². The van der Waals surface area contributed by atoms with Crippen molar-refractivity contribution in [3.8, 4) is 0 Å². The number of nitrogens with one attached hydrogen (secondary N) is 1. The molecule has 1 aliphatic carbocycles. The molecule has 1 rings (SSSR count). The van der Waals surface area contributed by atoms with Gasteiger partial charge in [-0.05, 0) is 65.6 Å². The first-order valence-electron chi connectivity index (χ1n) is 7.80. The van der Waals surface area contributed by atoms with Crippen molar-refractivity contribution in [1.29, 1.82) is 0 Å². The summed E-state index contributed by atoms with van der Waals surface area (Å²) in [6, 6.07) is 0.625. The third-order valence-electron chi connectivity index (χ3n) is 5.06. The molecule has 0 aliphatic heterocycles. The molecular weight excluding hydrogens is 220 g/mol. The average Bonchev–Trinajstić information content (AvgIpc) is 2.31. The molecule has 0 saturated heterocycles. The number of hydrogen-bond acceptors (Lipinski definition) is 2. The normalized spacial score (nSPS) is 27.5. The third-order valence-corrected chi connectivity index (χ3v) is 5.06. The Morgan fingerprint density at radius 3 is 2.17 bits per heavy atom. The topological polar surface area (TPSA) is 15.3 Å². The van der Waals surface area contributed by atoms with Crippen LogP contribution in [0.25, 0.3) is 0 Å². The van der Waals surface area contributed by atoms with E-state index in [9.17, 15) is 0 Å². The number of hydrogen-bond donors (Lipinski definition) is 1. The maximum Gasteiger partial charge on any atom is 0.0302 e.